The number of rotatable bonds is 4. The van der Waals surface area contributed by atoms with Crippen LogP contribution in [0.4, 0.5) is 0 Å². The number of aromatic nitrogens is 2. The van der Waals surface area contributed by atoms with Gasteiger partial charge in [-0.1, -0.05) is 44.2 Å². The molecule has 0 aliphatic heterocycles. The van der Waals surface area contributed by atoms with Crippen LogP contribution < -0.4 is 5.32 Å². The highest BCUT2D eigenvalue weighted by molar-refractivity contribution is 5.92. The lowest BCUT2D eigenvalue weighted by Gasteiger charge is -2.22. The van der Waals surface area contributed by atoms with Crippen molar-refractivity contribution >= 4 is 5.91 Å². The van der Waals surface area contributed by atoms with Gasteiger partial charge in [-0.2, -0.15) is 0 Å². The van der Waals surface area contributed by atoms with Crippen LogP contribution in [0.1, 0.15) is 35.9 Å². The number of hydrogen-bond donors (Lipinski definition) is 1. The van der Waals surface area contributed by atoms with Crippen LogP contribution in [0, 0.1) is 5.92 Å². The van der Waals surface area contributed by atoms with Gasteiger partial charge in [0.05, 0.1) is 12.2 Å². The first-order valence-electron chi connectivity index (χ1n) is 6.30. The van der Waals surface area contributed by atoms with Gasteiger partial charge in [0, 0.05) is 12.4 Å². The monoisotopic (exact) mass is 255 g/mol. The van der Waals surface area contributed by atoms with E-state index in [9.17, 15) is 4.79 Å². The molecule has 0 aliphatic carbocycles. The second-order valence-corrected chi connectivity index (χ2v) is 4.70. The predicted octanol–water partition coefficient (Wildman–Crippen LogP) is 2.60. The number of amides is 1. The Morgan fingerprint density at radius 1 is 1.16 bits per heavy atom. The number of nitrogens with one attached hydrogen (secondary N) is 1. The number of benzene rings is 1. The highest BCUT2D eigenvalue weighted by Gasteiger charge is 2.19. The molecule has 1 aromatic heterocycles. The van der Waals surface area contributed by atoms with E-state index < -0.39 is 0 Å². The zero-order valence-corrected chi connectivity index (χ0v) is 11.1. The minimum absolute atomic E-state index is 0.0318. The molecule has 1 atom stereocenters. The Labute approximate surface area is 112 Å². The zero-order chi connectivity index (χ0) is 13.7. The molecule has 0 fully saturated rings. The average Bonchev–Trinajstić information content (AvgIpc) is 2.46. The lowest BCUT2D eigenvalue weighted by Crippen LogP contribution is -2.32. The molecule has 4 heteroatoms. The van der Waals surface area contributed by atoms with Gasteiger partial charge in [0.15, 0.2) is 0 Å². The fraction of sp³-hybridized carbons (Fsp3) is 0.267. The summed E-state index contributed by atoms with van der Waals surface area (Å²) in [6.07, 6.45) is 4.54. The summed E-state index contributed by atoms with van der Waals surface area (Å²) < 4.78 is 0. The normalized spacial score (nSPS) is 12.2. The van der Waals surface area contributed by atoms with Crippen LogP contribution in [0.5, 0.6) is 0 Å². The molecule has 2 aromatic rings. The molecule has 19 heavy (non-hydrogen) atoms. The molecule has 0 spiro atoms. The number of carbonyl (C=O) groups is 1. The maximum Gasteiger partial charge on any atom is 0.271 e. The molecule has 4 nitrogen and oxygen atoms in total. The van der Waals surface area contributed by atoms with Crippen molar-refractivity contribution in [2.45, 2.75) is 19.9 Å². The third-order valence-corrected chi connectivity index (χ3v) is 2.91. The summed E-state index contributed by atoms with van der Waals surface area (Å²) in [7, 11) is 0. The van der Waals surface area contributed by atoms with E-state index in [-0.39, 0.29) is 11.9 Å². The fourth-order valence-corrected chi connectivity index (χ4v) is 1.93. The van der Waals surface area contributed by atoms with E-state index in [1.54, 1.807) is 6.20 Å². The van der Waals surface area contributed by atoms with Crippen molar-refractivity contribution in [3.05, 3.63) is 60.2 Å². The van der Waals surface area contributed by atoms with Crippen molar-refractivity contribution in [1.29, 1.82) is 0 Å². The lowest BCUT2D eigenvalue weighted by molar-refractivity contribution is 0.0920. The minimum Gasteiger partial charge on any atom is -0.344 e. The third-order valence-electron chi connectivity index (χ3n) is 2.91. The molecule has 0 saturated heterocycles. The van der Waals surface area contributed by atoms with E-state index in [1.165, 1.54) is 12.4 Å². The summed E-state index contributed by atoms with van der Waals surface area (Å²) in [5.74, 6) is 0.0960. The number of carbonyl (C=O) groups excluding carboxylic acids is 1. The summed E-state index contributed by atoms with van der Waals surface area (Å²) in [6.45, 7) is 4.16. The fourth-order valence-electron chi connectivity index (χ4n) is 1.93. The molecular weight excluding hydrogens is 238 g/mol. The highest BCUT2D eigenvalue weighted by Crippen LogP contribution is 2.21. The highest BCUT2D eigenvalue weighted by atomic mass is 16.1. The van der Waals surface area contributed by atoms with Crippen molar-refractivity contribution in [1.82, 2.24) is 15.3 Å². The second kappa shape index (κ2) is 6.09. The van der Waals surface area contributed by atoms with Gasteiger partial charge in [0.25, 0.3) is 5.91 Å². The van der Waals surface area contributed by atoms with Crippen molar-refractivity contribution < 1.29 is 4.79 Å². The molecular formula is C15H17N3O. The van der Waals surface area contributed by atoms with E-state index in [0.29, 0.717) is 11.6 Å². The molecule has 1 amide bonds. The molecule has 0 radical (unpaired) electrons. The smallest absolute Gasteiger partial charge is 0.271 e. The largest absolute Gasteiger partial charge is 0.344 e. The van der Waals surface area contributed by atoms with Crippen LogP contribution in [0.2, 0.25) is 0 Å². The van der Waals surface area contributed by atoms with Crippen molar-refractivity contribution in [3.63, 3.8) is 0 Å². The van der Waals surface area contributed by atoms with Crippen LogP contribution in [-0.2, 0) is 0 Å². The Bertz CT molecular complexity index is 526. The first-order valence-corrected chi connectivity index (χ1v) is 6.30. The van der Waals surface area contributed by atoms with Gasteiger partial charge in [-0.15, -0.1) is 0 Å². The van der Waals surface area contributed by atoms with E-state index in [0.717, 1.165) is 5.56 Å². The molecule has 1 N–H and O–H groups in total. The Morgan fingerprint density at radius 2 is 1.89 bits per heavy atom. The van der Waals surface area contributed by atoms with E-state index >= 15 is 0 Å². The minimum atomic E-state index is -0.198. The lowest BCUT2D eigenvalue weighted by atomic mass is 9.96. The average molecular weight is 255 g/mol. The molecule has 0 unspecified atom stereocenters. The molecule has 98 valence electrons. The summed E-state index contributed by atoms with van der Waals surface area (Å²) in [5.41, 5.74) is 1.43. The summed E-state index contributed by atoms with van der Waals surface area (Å²) in [4.78, 5) is 20.0. The molecule has 0 bridgehead atoms. The van der Waals surface area contributed by atoms with Crippen LogP contribution >= 0.6 is 0 Å². The summed E-state index contributed by atoms with van der Waals surface area (Å²) in [5, 5.41) is 3.01. The Balaban J connectivity index is 2.17. The van der Waals surface area contributed by atoms with E-state index in [1.807, 2.05) is 30.3 Å². The molecule has 0 aliphatic rings. The molecule has 1 aromatic carbocycles. The predicted molar refractivity (Wildman–Crippen MR) is 73.5 cm³/mol. The molecule has 2 rings (SSSR count). The van der Waals surface area contributed by atoms with Crippen LogP contribution in [-0.4, -0.2) is 15.9 Å². The Morgan fingerprint density at radius 3 is 2.47 bits per heavy atom. The maximum absolute atomic E-state index is 12.1. The van der Waals surface area contributed by atoms with Crippen molar-refractivity contribution in [3.8, 4) is 0 Å². The van der Waals surface area contributed by atoms with E-state index in [4.69, 9.17) is 0 Å². The Kier molecular flexibility index (Phi) is 4.23. The topological polar surface area (TPSA) is 54.9 Å². The van der Waals surface area contributed by atoms with E-state index in [2.05, 4.69) is 29.1 Å². The van der Waals surface area contributed by atoms with Gasteiger partial charge in [0.2, 0.25) is 0 Å². The summed E-state index contributed by atoms with van der Waals surface area (Å²) in [6, 6.07) is 9.91. The maximum atomic E-state index is 12.1. The van der Waals surface area contributed by atoms with Gasteiger partial charge in [0.1, 0.15) is 5.69 Å². The number of nitrogens with zero attached hydrogens (tertiary/aromatic N) is 2. The summed E-state index contributed by atoms with van der Waals surface area (Å²) >= 11 is 0. The second-order valence-electron chi connectivity index (χ2n) is 4.70. The quantitative estimate of drug-likeness (QED) is 0.913. The first-order chi connectivity index (χ1) is 9.18. The van der Waals surface area contributed by atoms with Crippen LogP contribution in [0.15, 0.2) is 48.9 Å². The zero-order valence-electron chi connectivity index (χ0n) is 11.1. The standard InChI is InChI=1S/C15H17N3O/c1-11(2)14(12-6-4-3-5-7-12)18-15(19)13-10-16-8-9-17-13/h3-11,14H,1-2H3,(H,18,19)/t14-/m0/s1. The van der Waals surface area contributed by atoms with Crippen LogP contribution in [0.3, 0.4) is 0 Å². The molecule has 0 saturated carbocycles. The van der Waals surface area contributed by atoms with Gasteiger partial charge >= 0.3 is 0 Å². The van der Waals surface area contributed by atoms with Crippen molar-refractivity contribution in [2.75, 3.05) is 0 Å². The van der Waals surface area contributed by atoms with Gasteiger partial charge in [-0.05, 0) is 11.5 Å². The van der Waals surface area contributed by atoms with Crippen LogP contribution in [0.25, 0.3) is 0 Å². The SMILES string of the molecule is CC(C)[C@H](NC(=O)c1cnccn1)c1ccccc1. The van der Waals surface area contributed by atoms with Crippen molar-refractivity contribution in [2.24, 2.45) is 5.92 Å². The van der Waals surface area contributed by atoms with Gasteiger partial charge in [-0.25, -0.2) is 4.98 Å². The number of hydrogen-bond acceptors (Lipinski definition) is 3. The first kappa shape index (κ1) is 13.2. The Hall–Kier alpha value is -2.23. The van der Waals surface area contributed by atoms with Gasteiger partial charge in [-0.3, -0.25) is 9.78 Å². The molecule has 1 heterocycles. The van der Waals surface area contributed by atoms with Gasteiger partial charge < -0.3 is 5.32 Å². The third kappa shape index (κ3) is 3.37.